The molecule has 7 heteroatoms. The average Bonchev–Trinajstić information content (AvgIpc) is 2.81. The first-order valence-corrected chi connectivity index (χ1v) is 11.1. The molecule has 1 aliphatic carbocycles. The van der Waals surface area contributed by atoms with Crippen LogP contribution in [0, 0.1) is 6.92 Å². The molecule has 0 bridgehead atoms. The lowest BCUT2D eigenvalue weighted by atomic mass is 9.90. The first kappa shape index (κ1) is 22.6. The molecule has 1 N–H and O–H groups in total. The van der Waals surface area contributed by atoms with Gasteiger partial charge in [0.2, 0.25) is 0 Å². The molecular formula is C26H26NO6-. The zero-order chi connectivity index (χ0) is 23.5. The first-order chi connectivity index (χ1) is 15.8. The van der Waals surface area contributed by atoms with E-state index in [1.54, 1.807) is 37.3 Å². The molecule has 0 fully saturated rings. The lowest BCUT2D eigenvalue weighted by Crippen LogP contribution is -2.52. The average molecular weight is 448 g/mol. The molecule has 7 nitrogen and oxygen atoms in total. The Hall–Kier alpha value is -3.61. The van der Waals surface area contributed by atoms with E-state index in [1.807, 2.05) is 12.1 Å². The van der Waals surface area contributed by atoms with Gasteiger partial charge in [-0.2, -0.15) is 0 Å². The first-order valence-electron chi connectivity index (χ1n) is 11.1. The van der Waals surface area contributed by atoms with Crippen molar-refractivity contribution in [1.82, 2.24) is 5.32 Å². The van der Waals surface area contributed by atoms with Gasteiger partial charge in [0.1, 0.15) is 11.3 Å². The number of aliphatic carboxylic acids is 1. The van der Waals surface area contributed by atoms with E-state index in [1.165, 1.54) is 6.92 Å². The quantitative estimate of drug-likeness (QED) is 0.555. The largest absolute Gasteiger partial charge is 0.548 e. The second-order valence-corrected chi connectivity index (χ2v) is 8.45. The number of carbonyl (C=O) groups is 2. The molecule has 2 atom stereocenters. The van der Waals surface area contributed by atoms with Crippen LogP contribution in [0.2, 0.25) is 0 Å². The minimum absolute atomic E-state index is 0.104. The van der Waals surface area contributed by atoms with Crippen LogP contribution in [0.5, 0.6) is 5.75 Å². The molecule has 0 unspecified atom stereocenters. The van der Waals surface area contributed by atoms with Crippen LogP contribution in [0.25, 0.3) is 11.0 Å². The minimum Gasteiger partial charge on any atom is -0.548 e. The van der Waals surface area contributed by atoms with E-state index in [0.717, 1.165) is 47.8 Å². The Morgan fingerprint density at radius 2 is 1.79 bits per heavy atom. The second kappa shape index (κ2) is 9.48. The van der Waals surface area contributed by atoms with Gasteiger partial charge in [0, 0.05) is 16.5 Å². The molecule has 1 heterocycles. The summed E-state index contributed by atoms with van der Waals surface area (Å²) in [5.41, 5.74) is 3.32. The van der Waals surface area contributed by atoms with Crippen molar-refractivity contribution in [1.29, 1.82) is 0 Å². The van der Waals surface area contributed by atoms with E-state index in [4.69, 9.17) is 9.15 Å². The van der Waals surface area contributed by atoms with E-state index in [2.05, 4.69) is 5.32 Å². The molecule has 0 spiro atoms. The van der Waals surface area contributed by atoms with Crippen molar-refractivity contribution in [2.75, 3.05) is 0 Å². The zero-order valence-electron chi connectivity index (χ0n) is 18.7. The molecular weight excluding hydrogens is 422 g/mol. The normalized spacial score (nSPS) is 14.8. The number of fused-ring (bicyclic) bond motifs is 3. The standard InChI is InChI=1S/C26H27NO6/c1-15-22(13-12-19-18-10-6-7-11-20(18)26(31)33-23(15)19)32-16(2)24(28)27-21(25(29)30)14-17-8-4-3-5-9-17/h3-5,8-9,12-13,16,21H,6-7,10-11,14H2,1-2H3,(H,27,28)(H,29,30)/p-1/t16-,21+/m1/s1. The van der Waals surface area contributed by atoms with Crippen molar-refractivity contribution in [2.45, 2.75) is 58.1 Å². The number of rotatable bonds is 7. The number of amides is 1. The van der Waals surface area contributed by atoms with Gasteiger partial charge in [0.05, 0.1) is 12.0 Å². The van der Waals surface area contributed by atoms with E-state index >= 15 is 0 Å². The monoisotopic (exact) mass is 448 g/mol. The van der Waals surface area contributed by atoms with Gasteiger partial charge >= 0.3 is 5.63 Å². The maximum absolute atomic E-state index is 12.7. The van der Waals surface area contributed by atoms with Crippen LogP contribution in [0.4, 0.5) is 0 Å². The minimum atomic E-state index is -1.37. The third kappa shape index (κ3) is 4.77. The molecule has 33 heavy (non-hydrogen) atoms. The van der Waals surface area contributed by atoms with Crippen LogP contribution in [-0.2, 0) is 28.9 Å². The molecule has 0 aliphatic heterocycles. The Kier molecular flexibility index (Phi) is 6.49. The van der Waals surface area contributed by atoms with Crippen LogP contribution in [0.3, 0.4) is 0 Å². The Morgan fingerprint density at radius 3 is 2.48 bits per heavy atom. The van der Waals surface area contributed by atoms with Crippen molar-refractivity contribution in [2.24, 2.45) is 0 Å². The van der Waals surface area contributed by atoms with E-state index in [0.29, 0.717) is 16.9 Å². The predicted octanol–water partition coefficient (Wildman–Crippen LogP) is 2.22. The van der Waals surface area contributed by atoms with Gasteiger partial charge in [-0.1, -0.05) is 30.3 Å². The Balaban J connectivity index is 1.52. The van der Waals surface area contributed by atoms with Crippen LogP contribution < -0.4 is 20.8 Å². The highest BCUT2D eigenvalue weighted by Crippen LogP contribution is 2.32. The number of ether oxygens (including phenoxy) is 1. The van der Waals surface area contributed by atoms with Gasteiger partial charge in [-0.05, 0) is 69.2 Å². The summed E-state index contributed by atoms with van der Waals surface area (Å²) >= 11 is 0. The maximum Gasteiger partial charge on any atom is 0.339 e. The summed E-state index contributed by atoms with van der Waals surface area (Å²) in [5, 5.41) is 14.9. The van der Waals surface area contributed by atoms with Gasteiger partial charge in [-0.15, -0.1) is 0 Å². The smallest absolute Gasteiger partial charge is 0.339 e. The third-order valence-corrected chi connectivity index (χ3v) is 6.15. The number of carbonyl (C=O) groups excluding carboxylic acids is 2. The number of nitrogens with one attached hydrogen (secondary N) is 1. The van der Waals surface area contributed by atoms with Crippen molar-refractivity contribution in [3.05, 3.63) is 75.1 Å². The summed E-state index contributed by atoms with van der Waals surface area (Å²) in [6.45, 7) is 3.32. The fraction of sp³-hybridized carbons (Fsp3) is 0.346. The molecule has 3 aromatic rings. The number of carboxylic acid groups (broad SMARTS) is 1. The van der Waals surface area contributed by atoms with Crippen molar-refractivity contribution in [3.8, 4) is 5.75 Å². The Bertz CT molecular complexity index is 1250. The van der Waals surface area contributed by atoms with Crippen LogP contribution in [0.1, 0.15) is 42.0 Å². The van der Waals surface area contributed by atoms with Gasteiger partial charge in [0.25, 0.3) is 5.91 Å². The Morgan fingerprint density at radius 1 is 1.09 bits per heavy atom. The highest BCUT2D eigenvalue weighted by atomic mass is 16.5. The van der Waals surface area contributed by atoms with Crippen molar-refractivity contribution in [3.63, 3.8) is 0 Å². The number of benzene rings is 2. The van der Waals surface area contributed by atoms with Crippen molar-refractivity contribution < 1.29 is 23.8 Å². The van der Waals surface area contributed by atoms with Crippen LogP contribution >= 0.6 is 0 Å². The molecule has 0 saturated carbocycles. The zero-order valence-corrected chi connectivity index (χ0v) is 18.7. The molecule has 1 aliphatic rings. The van der Waals surface area contributed by atoms with E-state index in [-0.39, 0.29) is 12.0 Å². The van der Waals surface area contributed by atoms with Crippen LogP contribution in [0.15, 0.2) is 51.7 Å². The van der Waals surface area contributed by atoms with Gasteiger partial charge in [-0.3, -0.25) is 4.79 Å². The van der Waals surface area contributed by atoms with Crippen LogP contribution in [-0.4, -0.2) is 24.0 Å². The number of hydrogen-bond donors (Lipinski definition) is 1. The third-order valence-electron chi connectivity index (χ3n) is 6.15. The van der Waals surface area contributed by atoms with Gasteiger partial charge in [0.15, 0.2) is 6.10 Å². The Labute approximate surface area is 191 Å². The predicted molar refractivity (Wildman–Crippen MR) is 121 cm³/mol. The molecule has 4 rings (SSSR count). The number of aryl methyl sites for hydroxylation is 2. The maximum atomic E-state index is 12.7. The molecule has 0 radical (unpaired) electrons. The summed E-state index contributed by atoms with van der Waals surface area (Å²) in [5.74, 6) is -1.54. The highest BCUT2D eigenvalue weighted by molar-refractivity contribution is 5.87. The fourth-order valence-electron chi connectivity index (χ4n) is 4.33. The van der Waals surface area contributed by atoms with Gasteiger partial charge in [-0.25, -0.2) is 4.79 Å². The lowest BCUT2D eigenvalue weighted by Gasteiger charge is -2.23. The topological polar surface area (TPSA) is 109 Å². The fourth-order valence-corrected chi connectivity index (χ4v) is 4.33. The summed E-state index contributed by atoms with van der Waals surface area (Å²) in [6.07, 6.45) is 2.71. The van der Waals surface area contributed by atoms with E-state index < -0.39 is 24.0 Å². The summed E-state index contributed by atoms with van der Waals surface area (Å²) in [4.78, 5) is 36.7. The summed E-state index contributed by atoms with van der Waals surface area (Å²) in [6, 6.07) is 11.4. The molecule has 1 aromatic heterocycles. The summed E-state index contributed by atoms with van der Waals surface area (Å²) in [7, 11) is 0. The summed E-state index contributed by atoms with van der Waals surface area (Å²) < 4.78 is 11.5. The highest BCUT2D eigenvalue weighted by Gasteiger charge is 2.23. The molecule has 2 aromatic carbocycles. The molecule has 1 amide bonds. The molecule has 172 valence electrons. The SMILES string of the molecule is Cc1c(O[C@H](C)C(=O)N[C@@H](Cc2ccccc2)C(=O)[O-])ccc2c3c(c(=O)oc12)CCCC3. The molecule has 0 saturated heterocycles. The number of carboxylic acids is 1. The lowest BCUT2D eigenvalue weighted by molar-refractivity contribution is -0.308. The second-order valence-electron chi connectivity index (χ2n) is 8.45. The number of hydrogen-bond acceptors (Lipinski definition) is 6. The van der Waals surface area contributed by atoms with Crippen molar-refractivity contribution >= 4 is 22.8 Å². The van der Waals surface area contributed by atoms with E-state index in [9.17, 15) is 19.5 Å². The van der Waals surface area contributed by atoms with Gasteiger partial charge < -0.3 is 24.4 Å².